The Morgan fingerprint density at radius 3 is 2.88 bits per heavy atom. The van der Waals surface area contributed by atoms with Gasteiger partial charge in [0.15, 0.2) is 0 Å². The van der Waals surface area contributed by atoms with E-state index in [0.29, 0.717) is 29.3 Å². The Morgan fingerprint density at radius 1 is 1.46 bits per heavy atom. The average Bonchev–Trinajstić information content (AvgIpc) is 3.09. The van der Waals surface area contributed by atoms with Crippen LogP contribution in [0.15, 0.2) is 45.9 Å². The van der Waals surface area contributed by atoms with E-state index in [9.17, 15) is 9.18 Å². The van der Waals surface area contributed by atoms with Gasteiger partial charge in [-0.3, -0.25) is 4.99 Å². The van der Waals surface area contributed by atoms with Gasteiger partial charge >= 0.3 is 5.97 Å². The molecular formula is C18H15BrClFN2O2S. The zero-order valence-electron chi connectivity index (χ0n) is 13.8. The van der Waals surface area contributed by atoms with Gasteiger partial charge in [-0.25, -0.2) is 14.2 Å². The third-order valence-corrected chi connectivity index (χ3v) is 5.93. The van der Waals surface area contributed by atoms with Gasteiger partial charge in [-0.2, -0.15) is 0 Å². The van der Waals surface area contributed by atoms with Crippen molar-refractivity contribution in [1.29, 1.82) is 0 Å². The van der Waals surface area contributed by atoms with Crippen LogP contribution in [0.3, 0.4) is 0 Å². The number of carbonyl (C=O) groups excluding carboxylic acids is 1. The van der Waals surface area contributed by atoms with Crippen molar-refractivity contribution in [3.05, 3.63) is 62.3 Å². The highest BCUT2D eigenvalue weighted by atomic mass is 79.9. The van der Waals surface area contributed by atoms with Crippen molar-refractivity contribution in [1.82, 2.24) is 4.98 Å². The predicted octanol–water partition coefficient (Wildman–Crippen LogP) is 5.12. The lowest BCUT2D eigenvalue weighted by atomic mass is 9.94. The highest BCUT2D eigenvalue weighted by Crippen LogP contribution is 2.38. The molecule has 0 fully saturated rings. The molecule has 2 heterocycles. The highest BCUT2D eigenvalue weighted by molar-refractivity contribution is 9.09. The third kappa shape index (κ3) is 3.89. The second kappa shape index (κ2) is 8.41. The van der Waals surface area contributed by atoms with Gasteiger partial charge in [0.05, 0.1) is 18.4 Å². The van der Waals surface area contributed by atoms with Crippen molar-refractivity contribution in [2.75, 3.05) is 12.4 Å². The van der Waals surface area contributed by atoms with E-state index < -0.39 is 17.8 Å². The lowest BCUT2D eigenvalue weighted by Crippen LogP contribution is -2.15. The van der Waals surface area contributed by atoms with E-state index in [1.54, 1.807) is 12.3 Å². The molecule has 0 bridgehead atoms. The molecule has 26 heavy (non-hydrogen) atoms. The zero-order valence-corrected chi connectivity index (χ0v) is 17.0. The molecule has 4 nitrogen and oxygen atoms in total. The SMILES string of the molecule is COC(=O)C1=C(CBr)CCC(c2nccs2)=NC1c1ccc(F)cc1Cl. The number of benzene rings is 1. The summed E-state index contributed by atoms with van der Waals surface area (Å²) >= 11 is 11.2. The normalized spacial score (nSPS) is 17.7. The molecule has 1 aliphatic heterocycles. The highest BCUT2D eigenvalue weighted by Gasteiger charge is 2.31. The van der Waals surface area contributed by atoms with Gasteiger partial charge in [-0.05, 0) is 30.5 Å². The van der Waals surface area contributed by atoms with Gasteiger partial charge < -0.3 is 4.74 Å². The first kappa shape index (κ1) is 19.2. The molecule has 1 atom stereocenters. The first-order chi connectivity index (χ1) is 12.5. The van der Waals surface area contributed by atoms with Crippen LogP contribution in [0.5, 0.6) is 0 Å². The lowest BCUT2D eigenvalue weighted by Gasteiger charge is -2.19. The van der Waals surface area contributed by atoms with E-state index in [1.807, 2.05) is 5.38 Å². The van der Waals surface area contributed by atoms with Crippen molar-refractivity contribution < 1.29 is 13.9 Å². The monoisotopic (exact) mass is 456 g/mol. The number of alkyl halides is 1. The van der Waals surface area contributed by atoms with E-state index in [4.69, 9.17) is 21.3 Å². The Balaban J connectivity index is 2.20. The number of hydrogen-bond donors (Lipinski definition) is 0. The minimum atomic E-state index is -0.676. The van der Waals surface area contributed by atoms with Crippen molar-refractivity contribution in [3.8, 4) is 0 Å². The summed E-state index contributed by atoms with van der Waals surface area (Å²) in [5.41, 5.74) is 2.67. The molecule has 0 amide bonds. The maximum Gasteiger partial charge on any atom is 0.336 e. The van der Waals surface area contributed by atoms with Crippen LogP contribution in [0.2, 0.25) is 5.02 Å². The fourth-order valence-electron chi connectivity index (χ4n) is 2.86. The number of nitrogens with zero attached hydrogens (tertiary/aromatic N) is 2. The number of allylic oxidation sites excluding steroid dienone is 1. The number of rotatable bonds is 4. The summed E-state index contributed by atoms with van der Waals surface area (Å²) in [6.07, 6.45) is 3.00. The minimum Gasteiger partial charge on any atom is -0.466 e. The predicted molar refractivity (Wildman–Crippen MR) is 105 cm³/mol. The maximum absolute atomic E-state index is 13.5. The van der Waals surface area contributed by atoms with Crippen LogP contribution in [-0.4, -0.2) is 29.1 Å². The van der Waals surface area contributed by atoms with Gasteiger partial charge in [0.2, 0.25) is 0 Å². The van der Waals surface area contributed by atoms with E-state index >= 15 is 0 Å². The number of aliphatic imine (C=N–C) groups is 1. The van der Waals surface area contributed by atoms with Crippen molar-refractivity contribution in [2.45, 2.75) is 18.9 Å². The summed E-state index contributed by atoms with van der Waals surface area (Å²) in [5, 5.41) is 3.40. The third-order valence-electron chi connectivity index (χ3n) is 4.11. The summed E-state index contributed by atoms with van der Waals surface area (Å²) in [7, 11) is 1.33. The maximum atomic E-state index is 13.5. The average molecular weight is 458 g/mol. The van der Waals surface area contributed by atoms with Gasteiger partial charge in [0, 0.05) is 27.5 Å². The van der Waals surface area contributed by atoms with Crippen LogP contribution in [0.1, 0.15) is 29.5 Å². The number of thiazole rings is 1. The first-order valence-electron chi connectivity index (χ1n) is 7.82. The summed E-state index contributed by atoms with van der Waals surface area (Å²) in [6, 6.07) is 3.42. The molecule has 0 spiro atoms. The Kier molecular flexibility index (Phi) is 6.21. The number of aromatic nitrogens is 1. The van der Waals surface area contributed by atoms with Crippen LogP contribution in [-0.2, 0) is 9.53 Å². The summed E-state index contributed by atoms with van der Waals surface area (Å²) in [6.45, 7) is 0. The van der Waals surface area contributed by atoms with Crippen LogP contribution in [0.4, 0.5) is 4.39 Å². The number of esters is 1. The fourth-order valence-corrected chi connectivity index (χ4v) is 4.38. The van der Waals surface area contributed by atoms with Gasteiger partial charge in [0.1, 0.15) is 16.9 Å². The Bertz CT molecular complexity index is 883. The number of methoxy groups -OCH3 is 1. The van der Waals surface area contributed by atoms with Crippen molar-refractivity contribution in [3.63, 3.8) is 0 Å². The molecule has 1 aromatic heterocycles. The van der Waals surface area contributed by atoms with Crippen molar-refractivity contribution >= 4 is 50.5 Å². The standard InChI is InChI=1S/C18H15BrClFN2O2S/c1-25-18(24)15-10(9-19)2-5-14(17-22-6-7-26-17)23-16(15)12-4-3-11(21)8-13(12)20/h3-4,6-8,16H,2,5,9H2,1H3. The Morgan fingerprint density at radius 2 is 2.27 bits per heavy atom. The van der Waals surface area contributed by atoms with E-state index in [1.165, 1.54) is 30.6 Å². The number of ether oxygens (including phenoxy) is 1. The lowest BCUT2D eigenvalue weighted by molar-refractivity contribution is -0.136. The summed E-state index contributed by atoms with van der Waals surface area (Å²) in [4.78, 5) is 21.7. The quantitative estimate of drug-likeness (QED) is 0.473. The Labute approximate surface area is 167 Å². The largest absolute Gasteiger partial charge is 0.466 e. The second-order valence-electron chi connectivity index (χ2n) is 5.62. The molecule has 0 saturated heterocycles. The van der Waals surface area contributed by atoms with Crippen LogP contribution < -0.4 is 0 Å². The zero-order chi connectivity index (χ0) is 18.7. The van der Waals surface area contributed by atoms with Gasteiger partial charge in [-0.1, -0.05) is 33.6 Å². The van der Waals surface area contributed by atoms with E-state index in [-0.39, 0.29) is 5.02 Å². The topological polar surface area (TPSA) is 51.5 Å². The smallest absolute Gasteiger partial charge is 0.336 e. The molecule has 8 heteroatoms. The molecule has 1 aliphatic rings. The molecule has 2 aromatic rings. The van der Waals surface area contributed by atoms with E-state index in [2.05, 4.69) is 20.9 Å². The molecule has 0 saturated carbocycles. The minimum absolute atomic E-state index is 0.217. The number of halogens is 3. The molecule has 1 aromatic carbocycles. The Hall–Kier alpha value is -1.57. The molecule has 0 N–H and O–H groups in total. The fraction of sp³-hybridized carbons (Fsp3) is 0.278. The molecule has 0 aliphatic carbocycles. The number of hydrogen-bond acceptors (Lipinski definition) is 5. The van der Waals surface area contributed by atoms with Gasteiger partial charge in [0.25, 0.3) is 0 Å². The van der Waals surface area contributed by atoms with Crippen LogP contribution >= 0.6 is 38.9 Å². The first-order valence-corrected chi connectivity index (χ1v) is 10.2. The van der Waals surface area contributed by atoms with Crippen molar-refractivity contribution in [2.24, 2.45) is 4.99 Å². The molecular weight excluding hydrogens is 443 g/mol. The molecule has 1 unspecified atom stereocenters. The summed E-state index contributed by atoms with van der Waals surface area (Å²) in [5.74, 6) is -0.908. The number of carbonyl (C=O) groups is 1. The van der Waals surface area contributed by atoms with Crippen LogP contribution in [0, 0.1) is 5.82 Å². The molecule has 3 rings (SSSR count). The summed E-state index contributed by atoms with van der Waals surface area (Å²) < 4.78 is 18.5. The second-order valence-corrected chi connectivity index (χ2v) is 7.49. The molecule has 0 radical (unpaired) electrons. The molecule has 136 valence electrons. The van der Waals surface area contributed by atoms with Crippen LogP contribution in [0.25, 0.3) is 0 Å². The van der Waals surface area contributed by atoms with E-state index in [0.717, 1.165) is 16.3 Å². The van der Waals surface area contributed by atoms with Gasteiger partial charge in [-0.15, -0.1) is 11.3 Å².